The lowest BCUT2D eigenvalue weighted by molar-refractivity contribution is -0.135. The standard InChI is InChI=1S/C18H25NO3S/c1-12-5-6-14(23-12)16(21)22-9-15(20)19-11-18(4)8-13(19)7-17(2,3)10-18/h5-6,13H,7-11H2,1-4H3. The van der Waals surface area contributed by atoms with Gasteiger partial charge in [-0.25, -0.2) is 4.79 Å². The fourth-order valence-electron chi connectivity index (χ4n) is 4.58. The number of aryl methyl sites for hydroxylation is 1. The molecule has 2 fully saturated rings. The Labute approximate surface area is 141 Å². The number of carbonyl (C=O) groups excluding carboxylic acids is 2. The van der Waals surface area contributed by atoms with Gasteiger partial charge in [0.25, 0.3) is 5.91 Å². The average molecular weight is 335 g/mol. The quantitative estimate of drug-likeness (QED) is 0.792. The van der Waals surface area contributed by atoms with Gasteiger partial charge < -0.3 is 9.64 Å². The number of carbonyl (C=O) groups is 2. The van der Waals surface area contributed by atoms with E-state index >= 15 is 0 Å². The topological polar surface area (TPSA) is 46.6 Å². The number of hydrogen-bond acceptors (Lipinski definition) is 4. The van der Waals surface area contributed by atoms with Gasteiger partial charge in [-0.1, -0.05) is 20.8 Å². The van der Waals surface area contributed by atoms with Gasteiger partial charge >= 0.3 is 5.97 Å². The molecule has 4 nitrogen and oxygen atoms in total. The first-order valence-corrected chi connectivity index (χ1v) is 9.02. The summed E-state index contributed by atoms with van der Waals surface area (Å²) in [6, 6.07) is 3.92. The van der Waals surface area contributed by atoms with Crippen LogP contribution in [0.15, 0.2) is 12.1 Å². The fourth-order valence-corrected chi connectivity index (χ4v) is 5.34. The minimum absolute atomic E-state index is 0.0574. The molecule has 2 heterocycles. The molecule has 1 aromatic rings. The van der Waals surface area contributed by atoms with Crippen molar-refractivity contribution in [3.63, 3.8) is 0 Å². The zero-order valence-electron chi connectivity index (χ0n) is 14.3. The molecule has 1 aromatic heterocycles. The highest BCUT2D eigenvalue weighted by Crippen LogP contribution is 2.52. The van der Waals surface area contributed by atoms with Crippen LogP contribution in [0.2, 0.25) is 0 Å². The summed E-state index contributed by atoms with van der Waals surface area (Å²) in [6.45, 7) is 9.42. The first-order chi connectivity index (χ1) is 10.7. The fraction of sp³-hybridized carbons (Fsp3) is 0.667. The summed E-state index contributed by atoms with van der Waals surface area (Å²) in [6.07, 6.45) is 3.25. The minimum atomic E-state index is -0.398. The van der Waals surface area contributed by atoms with Gasteiger partial charge in [0.2, 0.25) is 0 Å². The van der Waals surface area contributed by atoms with Gasteiger partial charge in [-0.15, -0.1) is 11.3 Å². The molecule has 1 aliphatic heterocycles. The summed E-state index contributed by atoms with van der Waals surface area (Å²) in [5.74, 6) is -0.455. The second kappa shape index (κ2) is 5.62. The molecule has 0 radical (unpaired) electrons. The van der Waals surface area contributed by atoms with Gasteiger partial charge in [0, 0.05) is 17.5 Å². The van der Waals surface area contributed by atoms with E-state index in [4.69, 9.17) is 4.74 Å². The Balaban J connectivity index is 1.60. The van der Waals surface area contributed by atoms with Gasteiger partial charge in [0.05, 0.1) is 0 Å². The smallest absolute Gasteiger partial charge is 0.348 e. The van der Waals surface area contributed by atoms with Crippen LogP contribution < -0.4 is 0 Å². The second-order valence-electron chi connectivity index (χ2n) is 8.22. The summed E-state index contributed by atoms with van der Waals surface area (Å²) >= 11 is 1.39. The highest BCUT2D eigenvalue weighted by molar-refractivity contribution is 7.13. The van der Waals surface area contributed by atoms with E-state index in [1.165, 1.54) is 11.3 Å². The third-order valence-corrected chi connectivity index (χ3v) is 5.98. The molecule has 1 aliphatic carbocycles. The van der Waals surface area contributed by atoms with Crippen molar-refractivity contribution in [3.05, 3.63) is 21.9 Å². The van der Waals surface area contributed by atoms with Crippen LogP contribution in [0.1, 0.15) is 54.6 Å². The number of hydrogen-bond donors (Lipinski definition) is 0. The van der Waals surface area contributed by atoms with Crippen LogP contribution in [0.5, 0.6) is 0 Å². The molecule has 2 unspecified atom stereocenters. The maximum atomic E-state index is 12.5. The Bertz CT molecular complexity index is 636. The summed E-state index contributed by atoms with van der Waals surface area (Å²) in [7, 11) is 0. The zero-order valence-corrected chi connectivity index (χ0v) is 15.2. The van der Waals surface area contributed by atoms with Crippen LogP contribution in [0.25, 0.3) is 0 Å². The molecule has 0 spiro atoms. The van der Waals surface area contributed by atoms with E-state index < -0.39 is 5.97 Å². The van der Waals surface area contributed by atoms with E-state index in [1.807, 2.05) is 17.9 Å². The molecule has 126 valence electrons. The van der Waals surface area contributed by atoms with Gasteiger partial charge in [0.15, 0.2) is 6.61 Å². The summed E-state index contributed by atoms with van der Waals surface area (Å²) in [5.41, 5.74) is 0.481. The molecule has 1 saturated carbocycles. The molecule has 0 aromatic carbocycles. The van der Waals surface area contributed by atoms with Gasteiger partial charge in [0.1, 0.15) is 4.88 Å². The molecule has 0 N–H and O–H groups in total. The summed E-state index contributed by atoms with van der Waals surface area (Å²) < 4.78 is 5.23. The molecule has 5 heteroatoms. The molecule has 2 bridgehead atoms. The Hall–Kier alpha value is -1.36. The van der Waals surface area contributed by atoms with Crippen molar-refractivity contribution in [3.8, 4) is 0 Å². The van der Waals surface area contributed by atoms with E-state index in [0.717, 1.165) is 30.7 Å². The Morgan fingerprint density at radius 2 is 2.04 bits per heavy atom. The number of esters is 1. The van der Waals surface area contributed by atoms with Crippen molar-refractivity contribution in [1.29, 1.82) is 0 Å². The van der Waals surface area contributed by atoms with Crippen LogP contribution in [-0.2, 0) is 9.53 Å². The molecule has 1 amide bonds. The highest BCUT2D eigenvalue weighted by atomic mass is 32.1. The summed E-state index contributed by atoms with van der Waals surface area (Å²) in [5, 5.41) is 0. The number of nitrogens with zero attached hydrogens (tertiary/aromatic N) is 1. The SMILES string of the molecule is Cc1ccc(C(=O)OCC(=O)N2CC3(C)CC2CC(C)(C)C3)s1. The Kier molecular flexibility index (Phi) is 4.03. The maximum absolute atomic E-state index is 12.5. The maximum Gasteiger partial charge on any atom is 0.348 e. The number of amides is 1. The first-order valence-electron chi connectivity index (χ1n) is 8.21. The van der Waals surface area contributed by atoms with E-state index in [2.05, 4.69) is 20.8 Å². The third-order valence-electron chi connectivity index (χ3n) is 5.00. The lowest BCUT2D eigenvalue weighted by Crippen LogP contribution is -2.39. The molecule has 2 atom stereocenters. The van der Waals surface area contributed by atoms with Crippen molar-refractivity contribution in [2.45, 2.75) is 53.0 Å². The molecule has 23 heavy (non-hydrogen) atoms. The van der Waals surface area contributed by atoms with Crippen LogP contribution in [-0.4, -0.2) is 36.0 Å². The van der Waals surface area contributed by atoms with Crippen LogP contribution in [0, 0.1) is 17.8 Å². The van der Waals surface area contributed by atoms with E-state index in [1.54, 1.807) is 6.07 Å². The van der Waals surface area contributed by atoms with Crippen molar-refractivity contribution in [2.24, 2.45) is 10.8 Å². The highest BCUT2D eigenvalue weighted by Gasteiger charge is 2.50. The van der Waals surface area contributed by atoms with Crippen molar-refractivity contribution >= 4 is 23.2 Å². The molecular formula is C18H25NO3S. The first kappa shape index (κ1) is 16.5. The van der Waals surface area contributed by atoms with Gasteiger partial charge in [-0.05, 0) is 49.1 Å². The largest absolute Gasteiger partial charge is 0.451 e. The zero-order chi connectivity index (χ0) is 16.8. The monoisotopic (exact) mass is 335 g/mol. The molecule has 2 aliphatic rings. The van der Waals surface area contributed by atoms with Crippen molar-refractivity contribution < 1.29 is 14.3 Å². The number of rotatable bonds is 3. The minimum Gasteiger partial charge on any atom is -0.451 e. The van der Waals surface area contributed by atoms with Gasteiger partial charge in [-0.3, -0.25) is 4.79 Å². The lowest BCUT2D eigenvalue weighted by Gasteiger charge is -2.39. The predicted octanol–water partition coefficient (Wildman–Crippen LogP) is 3.64. The lowest BCUT2D eigenvalue weighted by atomic mass is 9.65. The third kappa shape index (κ3) is 3.44. The second-order valence-corrected chi connectivity index (χ2v) is 9.51. The van der Waals surface area contributed by atoms with Crippen LogP contribution in [0.3, 0.4) is 0 Å². The number of fused-ring (bicyclic) bond motifs is 2. The van der Waals surface area contributed by atoms with Crippen LogP contribution in [0.4, 0.5) is 0 Å². The van der Waals surface area contributed by atoms with Crippen molar-refractivity contribution in [1.82, 2.24) is 4.90 Å². The van der Waals surface area contributed by atoms with E-state index in [-0.39, 0.29) is 23.3 Å². The average Bonchev–Trinajstić information content (AvgIpc) is 2.96. The van der Waals surface area contributed by atoms with Crippen molar-refractivity contribution in [2.75, 3.05) is 13.2 Å². The van der Waals surface area contributed by atoms with E-state index in [0.29, 0.717) is 10.9 Å². The molecule has 1 saturated heterocycles. The summed E-state index contributed by atoms with van der Waals surface area (Å²) in [4.78, 5) is 28.1. The van der Waals surface area contributed by atoms with Gasteiger partial charge in [-0.2, -0.15) is 0 Å². The predicted molar refractivity (Wildman–Crippen MR) is 90.6 cm³/mol. The molecular weight excluding hydrogens is 310 g/mol. The molecule has 3 rings (SSSR count). The number of likely N-dealkylation sites (tertiary alicyclic amines) is 1. The van der Waals surface area contributed by atoms with E-state index in [9.17, 15) is 9.59 Å². The number of ether oxygens (including phenoxy) is 1. The normalized spacial score (nSPS) is 28.7. The number of thiophene rings is 1. The Morgan fingerprint density at radius 1 is 1.30 bits per heavy atom. The van der Waals surface area contributed by atoms with Crippen LogP contribution >= 0.6 is 11.3 Å². The Morgan fingerprint density at radius 3 is 2.70 bits per heavy atom.